The minimum atomic E-state index is 0.348. The van der Waals surface area contributed by atoms with Crippen molar-refractivity contribution >= 4 is 10.9 Å². The van der Waals surface area contributed by atoms with Gasteiger partial charge in [-0.05, 0) is 35.4 Å². The van der Waals surface area contributed by atoms with Gasteiger partial charge in [0, 0.05) is 5.39 Å². The van der Waals surface area contributed by atoms with E-state index in [2.05, 4.69) is 36.2 Å². The summed E-state index contributed by atoms with van der Waals surface area (Å²) in [6, 6.07) is 4.40. The molecule has 3 rings (SSSR count). The Hall–Kier alpha value is -1.31. The Morgan fingerprint density at radius 2 is 2.21 bits per heavy atom. The quantitative estimate of drug-likeness (QED) is 0.673. The summed E-state index contributed by atoms with van der Waals surface area (Å²) >= 11 is 0. The average Bonchev–Trinajstić information content (AvgIpc) is 2.69. The summed E-state index contributed by atoms with van der Waals surface area (Å²) in [6.45, 7) is 4.65. The second-order valence-corrected chi connectivity index (χ2v) is 4.81. The van der Waals surface area contributed by atoms with Gasteiger partial charge in [-0.15, -0.1) is 0 Å². The summed E-state index contributed by atoms with van der Waals surface area (Å²) in [7, 11) is 0. The summed E-state index contributed by atoms with van der Waals surface area (Å²) in [4.78, 5) is 0. The number of rotatable bonds is 0. The number of fused-ring (bicyclic) bond motifs is 3. The molecule has 1 aliphatic rings. The van der Waals surface area contributed by atoms with E-state index in [1.54, 1.807) is 0 Å². The van der Waals surface area contributed by atoms with Gasteiger partial charge in [0.15, 0.2) is 0 Å². The highest BCUT2D eigenvalue weighted by Crippen LogP contribution is 2.40. The number of nitrogens with zero attached hydrogens (tertiary/aromatic N) is 1. The third-order valence-corrected chi connectivity index (χ3v) is 3.46. The molecule has 0 aliphatic heterocycles. The Labute approximate surface area is 83.3 Å². The highest BCUT2D eigenvalue weighted by atomic mass is 15.1. The molecule has 1 heterocycles. The van der Waals surface area contributed by atoms with Gasteiger partial charge in [0.2, 0.25) is 0 Å². The fraction of sp³-hybridized carbons (Fsp3) is 0.417. The minimum absolute atomic E-state index is 0.348. The van der Waals surface area contributed by atoms with E-state index in [0.717, 1.165) is 0 Å². The van der Waals surface area contributed by atoms with Gasteiger partial charge in [0.25, 0.3) is 0 Å². The van der Waals surface area contributed by atoms with Crippen LogP contribution in [0.15, 0.2) is 18.3 Å². The fourth-order valence-corrected chi connectivity index (χ4v) is 2.55. The molecular formula is C12H14N2. The molecule has 1 aromatic heterocycles. The Morgan fingerprint density at radius 3 is 3.07 bits per heavy atom. The van der Waals surface area contributed by atoms with Crippen LogP contribution >= 0.6 is 0 Å². The molecule has 72 valence electrons. The fourth-order valence-electron chi connectivity index (χ4n) is 2.55. The zero-order valence-corrected chi connectivity index (χ0v) is 8.59. The molecule has 2 aromatic rings. The van der Waals surface area contributed by atoms with E-state index in [1.807, 2.05) is 6.20 Å². The number of nitrogens with one attached hydrogen (secondary N) is 1. The first-order valence-electron chi connectivity index (χ1n) is 5.14. The maximum absolute atomic E-state index is 4.10. The van der Waals surface area contributed by atoms with E-state index in [0.29, 0.717) is 5.41 Å². The van der Waals surface area contributed by atoms with Crippen molar-refractivity contribution in [2.45, 2.75) is 32.1 Å². The predicted molar refractivity (Wildman–Crippen MR) is 57.4 cm³/mol. The smallest absolute Gasteiger partial charge is 0.0653 e. The van der Waals surface area contributed by atoms with Crippen LogP contribution in [-0.4, -0.2) is 10.2 Å². The van der Waals surface area contributed by atoms with E-state index in [9.17, 15) is 0 Å². The van der Waals surface area contributed by atoms with Crippen LogP contribution < -0.4 is 0 Å². The summed E-state index contributed by atoms with van der Waals surface area (Å²) < 4.78 is 0. The van der Waals surface area contributed by atoms with Crippen molar-refractivity contribution in [3.63, 3.8) is 0 Å². The summed E-state index contributed by atoms with van der Waals surface area (Å²) in [5.41, 5.74) is 4.52. The molecule has 0 saturated carbocycles. The maximum atomic E-state index is 4.10. The third kappa shape index (κ3) is 0.884. The number of aryl methyl sites for hydroxylation is 1. The first kappa shape index (κ1) is 8.04. The topological polar surface area (TPSA) is 28.7 Å². The zero-order chi connectivity index (χ0) is 9.76. The Kier molecular flexibility index (Phi) is 1.37. The van der Waals surface area contributed by atoms with Crippen LogP contribution in [-0.2, 0) is 11.8 Å². The minimum Gasteiger partial charge on any atom is -0.278 e. The van der Waals surface area contributed by atoms with Crippen molar-refractivity contribution in [2.75, 3.05) is 0 Å². The lowest BCUT2D eigenvalue weighted by Crippen LogP contribution is -2.11. The lowest BCUT2D eigenvalue weighted by molar-refractivity contribution is 0.522. The van der Waals surface area contributed by atoms with E-state index in [1.165, 1.54) is 34.9 Å². The van der Waals surface area contributed by atoms with Crippen molar-refractivity contribution < 1.29 is 0 Å². The number of hydrogen-bond acceptors (Lipinski definition) is 1. The van der Waals surface area contributed by atoms with Gasteiger partial charge >= 0.3 is 0 Å². The van der Waals surface area contributed by atoms with Crippen molar-refractivity contribution in [3.05, 3.63) is 29.5 Å². The van der Waals surface area contributed by atoms with Gasteiger partial charge in [-0.25, -0.2) is 0 Å². The molecule has 2 nitrogen and oxygen atoms in total. The molecule has 0 bridgehead atoms. The highest BCUT2D eigenvalue weighted by Gasteiger charge is 2.30. The maximum Gasteiger partial charge on any atom is 0.0653 e. The number of H-pyrrole nitrogens is 1. The Balaban J connectivity index is 2.38. The summed E-state index contributed by atoms with van der Waals surface area (Å²) in [5.74, 6) is 0. The van der Waals surface area contributed by atoms with Crippen LogP contribution in [0.2, 0.25) is 0 Å². The molecule has 2 heteroatoms. The molecule has 0 spiro atoms. The van der Waals surface area contributed by atoms with Crippen LogP contribution in [0.3, 0.4) is 0 Å². The molecule has 14 heavy (non-hydrogen) atoms. The summed E-state index contributed by atoms with van der Waals surface area (Å²) in [5, 5.41) is 8.44. The molecule has 0 fully saturated rings. The second kappa shape index (κ2) is 2.38. The monoisotopic (exact) mass is 186 g/mol. The lowest BCUT2D eigenvalue weighted by atomic mass is 9.86. The molecule has 1 aliphatic carbocycles. The predicted octanol–water partition coefficient (Wildman–Crippen LogP) is 2.79. The van der Waals surface area contributed by atoms with Crippen LogP contribution in [0.4, 0.5) is 0 Å². The van der Waals surface area contributed by atoms with Crippen molar-refractivity contribution in [3.8, 4) is 0 Å². The van der Waals surface area contributed by atoms with Crippen LogP contribution in [0.25, 0.3) is 10.9 Å². The van der Waals surface area contributed by atoms with Gasteiger partial charge in [0.05, 0.1) is 11.7 Å². The SMILES string of the molecule is CC1(C)CCc2c1ccc1[nH]ncc21. The second-order valence-electron chi connectivity index (χ2n) is 4.81. The highest BCUT2D eigenvalue weighted by molar-refractivity contribution is 5.84. The number of aromatic nitrogens is 2. The van der Waals surface area contributed by atoms with Gasteiger partial charge in [-0.1, -0.05) is 19.9 Å². The molecule has 1 N–H and O–H groups in total. The van der Waals surface area contributed by atoms with Gasteiger partial charge in [-0.3, -0.25) is 5.10 Å². The zero-order valence-electron chi connectivity index (χ0n) is 8.59. The summed E-state index contributed by atoms with van der Waals surface area (Å²) in [6.07, 6.45) is 4.40. The molecule has 1 aromatic carbocycles. The van der Waals surface area contributed by atoms with Gasteiger partial charge in [0.1, 0.15) is 0 Å². The third-order valence-electron chi connectivity index (χ3n) is 3.46. The number of aromatic amines is 1. The molecule has 0 radical (unpaired) electrons. The number of hydrogen-bond donors (Lipinski definition) is 1. The lowest BCUT2D eigenvalue weighted by Gasteiger charge is -2.18. The van der Waals surface area contributed by atoms with E-state index >= 15 is 0 Å². The average molecular weight is 186 g/mol. The van der Waals surface area contributed by atoms with E-state index in [-0.39, 0.29) is 0 Å². The molecule has 0 atom stereocenters. The Morgan fingerprint density at radius 1 is 1.36 bits per heavy atom. The standard InChI is InChI=1S/C12H14N2/c1-12(2)6-5-8-9-7-13-14-11(9)4-3-10(8)12/h3-4,7H,5-6H2,1-2H3,(H,13,14). The first-order chi connectivity index (χ1) is 6.68. The van der Waals surface area contributed by atoms with E-state index < -0.39 is 0 Å². The molecular weight excluding hydrogens is 172 g/mol. The first-order valence-corrected chi connectivity index (χ1v) is 5.14. The molecule has 0 unspecified atom stereocenters. The number of benzene rings is 1. The molecule has 0 saturated heterocycles. The van der Waals surface area contributed by atoms with E-state index in [4.69, 9.17) is 0 Å². The van der Waals surface area contributed by atoms with Crippen LogP contribution in [0, 0.1) is 0 Å². The van der Waals surface area contributed by atoms with Gasteiger partial charge < -0.3 is 0 Å². The largest absolute Gasteiger partial charge is 0.278 e. The van der Waals surface area contributed by atoms with Crippen molar-refractivity contribution in [1.29, 1.82) is 0 Å². The van der Waals surface area contributed by atoms with Gasteiger partial charge in [-0.2, -0.15) is 5.10 Å². The Bertz CT molecular complexity index is 494. The van der Waals surface area contributed by atoms with Crippen molar-refractivity contribution in [2.24, 2.45) is 0 Å². The van der Waals surface area contributed by atoms with Crippen LogP contribution in [0.1, 0.15) is 31.4 Å². The normalized spacial score (nSPS) is 18.7. The van der Waals surface area contributed by atoms with Crippen molar-refractivity contribution in [1.82, 2.24) is 10.2 Å². The van der Waals surface area contributed by atoms with Crippen LogP contribution in [0.5, 0.6) is 0 Å². The molecule has 0 amide bonds.